The van der Waals surface area contributed by atoms with Crippen LogP contribution in [-0.4, -0.2) is 50.0 Å². The highest BCUT2D eigenvalue weighted by molar-refractivity contribution is 7.54. The lowest BCUT2D eigenvalue weighted by Crippen LogP contribution is -2.21. The Hall–Kier alpha value is -4.18. The largest absolute Gasteiger partial charge is 0.510 e. The highest BCUT2D eigenvalue weighted by Gasteiger charge is 2.56. The van der Waals surface area contributed by atoms with Gasteiger partial charge < -0.3 is 23.7 Å². The number of nitro groups is 1. The Morgan fingerprint density at radius 1 is 0.886 bits per heavy atom. The highest BCUT2D eigenvalue weighted by atomic mass is 32.1. The molecule has 44 heavy (non-hydrogen) atoms. The number of nitro benzene ring substituents is 1. The fourth-order valence-corrected chi connectivity index (χ4v) is 5.38. The van der Waals surface area contributed by atoms with Crippen molar-refractivity contribution < 1.29 is 65.4 Å². The molecule has 1 aromatic heterocycles. The molecule has 0 unspecified atom stereocenters. The number of hydrogen-bond acceptors (Lipinski definition) is 14. The van der Waals surface area contributed by atoms with Gasteiger partial charge in [-0.25, -0.2) is 14.4 Å². The molecule has 0 aliphatic heterocycles. The molecular weight excluding hydrogens is 635 g/mol. The second kappa shape index (κ2) is 15.5. The summed E-state index contributed by atoms with van der Waals surface area (Å²) >= 11 is 0.905. The minimum absolute atomic E-state index is 0.00693. The van der Waals surface area contributed by atoms with Gasteiger partial charge in [0, 0.05) is 22.4 Å². The lowest BCUT2D eigenvalue weighted by atomic mass is 10.1. The van der Waals surface area contributed by atoms with Crippen molar-refractivity contribution in [1.82, 2.24) is 0 Å². The number of hydrogen-bond donors (Lipinski definition) is 0. The number of nitrogens with zero attached hydrogens (tertiary/aromatic N) is 1. The number of ether oxygens (including phenoxy) is 5. The molecule has 0 aliphatic carbocycles. The summed E-state index contributed by atoms with van der Waals surface area (Å²) in [6, 6.07) is 9.05. The van der Waals surface area contributed by atoms with Crippen molar-refractivity contribution in [3.63, 3.8) is 0 Å². The minimum atomic E-state index is -5.59. The summed E-state index contributed by atoms with van der Waals surface area (Å²) < 4.78 is 78.2. The van der Waals surface area contributed by atoms with Gasteiger partial charge in [-0.2, -0.15) is 8.78 Å². The summed E-state index contributed by atoms with van der Waals surface area (Å²) in [5.74, 6) is -0.841. The van der Waals surface area contributed by atoms with E-state index in [-0.39, 0.29) is 34.9 Å². The first-order chi connectivity index (χ1) is 20.9. The lowest BCUT2D eigenvalue weighted by molar-refractivity contribution is -0.384. The number of benzene rings is 2. The molecule has 3 rings (SSSR count). The maximum atomic E-state index is 15.7. The molecule has 0 saturated carbocycles. The number of thiophene rings is 1. The zero-order valence-electron chi connectivity index (χ0n) is 23.2. The number of halogens is 2. The maximum absolute atomic E-state index is 15.7. The molecule has 0 aliphatic rings. The molecule has 0 fully saturated rings. The molecule has 0 amide bonds. The van der Waals surface area contributed by atoms with Gasteiger partial charge in [0.05, 0.1) is 18.1 Å². The summed E-state index contributed by atoms with van der Waals surface area (Å²) in [4.78, 5) is 46.0. The maximum Gasteiger partial charge on any atom is 0.510 e. The Balaban J connectivity index is 1.81. The molecule has 2 aromatic carbocycles. The van der Waals surface area contributed by atoms with Crippen molar-refractivity contribution in [2.75, 3.05) is 26.8 Å². The van der Waals surface area contributed by atoms with Gasteiger partial charge >= 0.3 is 31.5 Å². The van der Waals surface area contributed by atoms with Crippen molar-refractivity contribution in [2.45, 2.75) is 32.4 Å². The average molecular weight is 662 g/mol. The Morgan fingerprint density at radius 2 is 1.45 bits per heavy atom. The molecule has 14 nitrogen and oxygen atoms in total. The quantitative estimate of drug-likeness (QED) is 0.0395. The summed E-state index contributed by atoms with van der Waals surface area (Å²) in [7, 11) is -5.59. The third-order valence-electron chi connectivity index (χ3n) is 5.31. The van der Waals surface area contributed by atoms with E-state index in [4.69, 9.17) is 13.8 Å². The zero-order chi connectivity index (χ0) is 32.3. The molecule has 1 heterocycles. The number of carbonyl (C=O) groups is 3. The van der Waals surface area contributed by atoms with E-state index >= 15 is 8.78 Å². The summed E-state index contributed by atoms with van der Waals surface area (Å²) in [5, 5.41) is 10.9. The van der Waals surface area contributed by atoms with Crippen molar-refractivity contribution in [1.29, 1.82) is 0 Å². The minimum Gasteiger partial charge on any atom is -0.434 e. The van der Waals surface area contributed by atoms with E-state index in [2.05, 4.69) is 18.9 Å². The molecule has 0 atom stereocenters. The van der Waals surface area contributed by atoms with E-state index in [1.807, 2.05) is 0 Å². The van der Waals surface area contributed by atoms with Gasteiger partial charge in [-0.05, 0) is 48.6 Å². The van der Waals surface area contributed by atoms with Crippen LogP contribution in [0.25, 0.3) is 10.1 Å². The van der Waals surface area contributed by atoms with Gasteiger partial charge in [-0.1, -0.05) is 19.9 Å². The molecule has 0 N–H and O–H groups in total. The first-order valence-electron chi connectivity index (χ1n) is 12.8. The van der Waals surface area contributed by atoms with E-state index in [0.29, 0.717) is 17.5 Å². The van der Waals surface area contributed by atoms with Gasteiger partial charge in [0.2, 0.25) is 13.6 Å². The van der Waals surface area contributed by atoms with Crippen LogP contribution in [0.4, 0.5) is 24.1 Å². The Morgan fingerprint density at radius 3 is 1.98 bits per heavy atom. The molecular formula is C26H26F2NO13PS. The second-order valence-corrected chi connectivity index (χ2v) is 11.7. The first kappa shape index (κ1) is 34.3. The van der Waals surface area contributed by atoms with E-state index in [0.717, 1.165) is 35.6 Å². The van der Waals surface area contributed by atoms with Crippen molar-refractivity contribution in [2.24, 2.45) is 0 Å². The Labute approximate surface area is 252 Å². The zero-order valence-corrected chi connectivity index (χ0v) is 24.9. The number of non-ortho nitro benzene ring substituents is 1. The molecule has 0 spiro atoms. The first-order valence-corrected chi connectivity index (χ1v) is 15.1. The van der Waals surface area contributed by atoms with Crippen LogP contribution in [0.1, 0.15) is 41.9 Å². The van der Waals surface area contributed by atoms with Crippen molar-refractivity contribution in [3.05, 3.63) is 69.1 Å². The van der Waals surface area contributed by atoms with Gasteiger partial charge in [0.15, 0.2) is 0 Å². The summed E-state index contributed by atoms with van der Waals surface area (Å²) in [6.07, 6.45) is -1.64. The fraction of sp³-hybridized carbons (Fsp3) is 0.346. The molecule has 0 radical (unpaired) electrons. The fourth-order valence-electron chi connectivity index (χ4n) is 3.22. The van der Waals surface area contributed by atoms with Gasteiger partial charge in [-0.15, -0.1) is 11.3 Å². The predicted octanol–water partition coefficient (Wildman–Crippen LogP) is 7.35. The SMILES string of the molecule is CCCOC(=O)OCOP(=O)(OCOC(=O)OCCC)C(F)(F)c1ccc2sc(C(=O)Oc3ccc([N+](=O)[O-])cc3)cc2c1. The van der Waals surface area contributed by atoms with Gasteiger partial charge in [0.1, 0.15) is 10.6 Å². The van der Waals surface area contributed by atoms with E-state index in [9.17, 15) is 29.1 Å². The van der Waals surface area contributed by atoms with Crippen LogP contribution >= 0.6 is 18.9 Å². The monoisotopic (exact) mass is 661 g/mol. The molecule has 238 valence electrons. The molecule has 0 saturated heterocycles. The number of esters is 1. The highest BCUT2D eigenvalue weighted by Crippen LogP contribution is 2.67. The molecule has 0 bridgehead atoms. The Kier molecular flexibility index (Phi) is 12.1. The average Bonchev–Trinajstić information content (AvgIpc) is 3.43. The van der Waals surface area contributed by atoms with Crippen LogP contribution < -0.4 is 4.74 Å². The smallest absolute Gasteiger partial charge is 0.434 e. The van der Waals surface area contributed by atoms with E-state index in [1.54, 1.807) is 13.8 Å². The van der Waals surface area contributed by atoms with Gasteiger partial charge in [0.25, 0.3) is 5.69 Å². The topological polar surface area (TPSA) is 176 Å². The summed E-state index contributed by atoms with van der Waals surface area (Å²) in [5.41, 5.74) is -5.48. The van der Waals surface area contributed by atoms with Crippen LogP contribution in [0.15, 0.2) is 48.5 Å². The lowest BCUT2D eigenvalue weighted by Gasteiger charge is -2.26. The normalized spacial score (nSPS) is 11.5. The third kappa shape index (κ3) is 8.92. The number of carbonyl (C=O) groups excluding carboxylic acids is 3. The predicted molar refractivity (Wildman–Crippen MR) is 149 cm³/mol. The standard InChI is InChI=1S/C26H26F2NO13PS/c1-3-11-36-24(31)38-15-40-43(35,41-16-39-25(32)37-12-4-2)26(27,28)18-5-10-21-17(13-18)14-22(44-21)23(30)42-20-8-6-19(7-9-20)29(33)34/h5-10,13-14H,3-4,11-12,15-16H2,1-2H3. The van der Waals surface area contributed by atoms with E-state index in [1.165, 1.54) is 24.3 Å². The number of alkyl halides is 2. The van der Waals surface area contributed by atoms with Crippen LogP contribution in [0.5, 0.6) is 5.75 Å². The number of fused-ring (bicyclic) bond motifs is 1. The van der Waals surface area contributed by atoms with Crippen molar-refractivity contribution in [3.8, 4) is 5.75 Å². The number of rotatable bonds is 15. The van der Waals surface area contributed by atoms with Crippen LogP contribution in [0, 0.1) is 10.1 Å². The van der Waals surface area contributed by atoms with Crippen molar-refractivity contribution >= 4 is 53.0 Å². The van der Waals surface area contributed by atoms with Crippen LogP contribution in [0.3, 0.4) is 0 Å². The molecule has 3 aromatic rings. The van der Waals surface area contributed by atoms with Crippen LogP contribution in [-0.2, 0) is 38.2 Å². The van der Waals surface area contributed by atoms with Gasteiger partial charge in [-0.3, -0.25) is 23.7 Å². The second-order valence-electron chi connectivity index (χ2n) is 8.52. The van der Waals surface area contributed by atoms with E-state index < -0.39 is 55.6 Å². The third-order valence-corrected chi connectivity index (χ3v) is 8.25. The van der Waals surface area contributed by atoms with Crippen LogP contribution in [0.2, 0.25) is 0 Å². The molecule has 18 heteroatoms. The Bertz CT molecular complexity index is 1500. The summed E-state index contributed by atoms with van der Waals surface area (Å²) in [6.45, 7) is 0.839.